The Kier molecular flexibility index (Phi) is 6.67. The fraction of sp³-hybridized carbons (Fsp3) is 0.407. The van der Waals surface area contributed by atoms with Gasteiger partial charge in [-0.05, 0) is 62.4 Å². The molecule has 0 bridgehead atoms. The number of dihydropyridines is 1. The van der Waals surface area contributed by atoms with E-state index in [9.17, 15) is 9.59 Å². The van der Waals surface area contributed by atoms with E-state index in [0.717, 1.165) is 44.4 Å². The molecule has 1 aliphatic carbocycles. The Morgan fingerprint density at radius 2 is 1.94 bits per heavy atom. The summed E-state index contributed by atoms with van der Waals surface area (Å²) in [5.41, 5.74) is 4.70. The molecule has 0 amide bonds. The Labute approximate surface area is 209 Å². The lowest BCUT2D eigenvalue weighted by molar-refractivity contribution is -0.136. The molecule has 5 nitrogen and oxygen atoms in total. The topological polar surface area (TPSA) is 64.6 Å². The largest absolute Gasteiger partial charge is 0.489 e. The van der Waals surface area contributed by atoms with Crippen LogP contribution in [0.1, 0.15) is 60.4 Å². The van der Waals surface area contributed by atoms with Crippen molar-refractivity contribution in [2.45, 2.75) is 60.0 Å². The van der Waals surface area contributed by atoms with E-state index >= 15 is 0 Å². The predicted molar refractivity (Wildman–Crippen MR) is 135 cm³/mol. The number of carbonyl (C=O) groups excluding carboxylic acids is 2. The van der Waals surface area contributed by atoms with Gasteiger partial charge >= 0.3 is 5.97 Å². The first-order valence-corrected chi connectivity index (χ1v) is 12.5. The number of halogens is 1. The Balaban J connectivity index is 1.72. The highest BCUT2D eigenvalue weighted by Crippen LogP contribution is 2.48. The molecule has 34 heavy (non-hydrogen) atoms. The number of carbonyl (C=O) groups is 2. The number of rotatable bonds is 5. The quantitative estimate of drug-likeness (QED) is 0.484. The summed E-state index contributed by atoms with van der Waals surface area (Å²) in [7, 11) is 1.38. The number of benzene rings is 1. The van der Waals surface area contributed by atoms with E-state index in [4.69, 9.17) is 21.1 Å². The van der Waals surface area contributed by atoms with Crippen molar-refractivity contribution in [3.8, 4) is 5.75 Å². The number of nitrogens with one attached hydrogen (secondary N) is 1. The number of ketones is 1. The van der Waals surface area contributed by atoms with Crippen molar-refractivity contribution >= 4 is 34.7 Å². The zero-order valence-corrected chi connectivity index (χ0v) is 22.0. The first-order chi connectivity index (χ1) is 16.0. The third-order valence-corrected chi connectivity index (χ3v) is 7.88. The molecule has 180 valence electrons. The van der Waals surface area contributed by atoms with Crippen molar-refractivity contribution in [2.24, 2.45) is 5.41 Å². The van der Waals surface area contributed by atoms with E-state index in [1.807, 2.05) is 39.0 Å². The summed E-state index contributed by atoms with van der Waals surface area (Å²) < 4.78 is 11.2. The summed E-state index contributed by atoms with van der Waals surface area (Å²) in [5, 5.41) is 4.03. The second-order valence-corrected chi connectivity index (χ2v) is 11.6. The van der Waals surface area contributed by atoms with Crippen molar-refractivity contribution in [3.63, 3.8) is 0 Å². The van der Waals surface area contributed by atoms with Crippen LogP contribution in [-0.2, 0) is 20.9 Å². The summed E-state index contributed by atoms with van der Waals surface area (Å²) in [4.78, 5) is 28.2. The van der Waals surface area contributed by atoms with Crippen molar-refractivity contribution < 1.29 is 19.1 Å². The third kappa shape index (κ3) is 4.66. The molecular weight excluding hydrogens is 470 g/mol. The maximum atomic E-state index is 13.4. The van der Waals surface area contributed by atoms with Gasteiger partial charge < -0.3 is 14.8 Å². The summed E-state index contributed by atoms with van der Waals surface area (Å²) in [6.07, 6.45) is 1.21. The molecule has 2 aliphatic rings. The smallest absolute Gasteiger partial charge is 0.336 e. The van der Waals surface area contributed by atoms with Crippen molar-refractivity contribution in [1.29, 1.82) is 0 Å². The number of ether oxygens (including phenoxy) is 2. The number of hydrogen-bond donors (Lipinski definition) is 1. The Morgan fingerprint density at radius 3 is 2.62 bits per heavy atom. The molecule has 4 rings (SSSR count). The van der Waals surface area contributed by atoms with E-state index < -0.39 is 11.9 Å². The van der Waals surface area contributed by atoms with Gasteiger partial charge in [0.1, 0.15) is 12.4 Å². The molecule has 2 heterocycles. The van der Waals surface area contributed by atoms with E-state index in [1.165, 1.54) is 7.11 Å². The molecule has 1 aromatic carbocycles. The van der Waals surface area contributed by atoms with E-state index in [2.05, 4.69) is 25.2 Å². The summed E-state index contributed by atoms with van der Waals surface area (Å²) in [5.74, 6) is -0.000713. The standard InChI is InChI=1S/C27H30ClNO4S/c1-14-9-18(28)7-8-21(14)33-13-17-10-22(34-16(17)3)25-23(26(31)32-6)15(2)29-19-11-27(4,5)12-20(30)24(19)25/h7-10,25,29H,11-13H2,1-6H3/t25-/m0/s1. The summed E-state index contributed by atoms with van der Waals surface area (Å²) in [6, 6.07) is 7.62. The summed E-state index contributed by atoms with van der Waals surface area (Å²) >= 11 is 7.66. The van der Waals surface area contributed by atoms with Gasteiger partial charge in [0, 0.05) is 43.7 Å². The van der Waals surface area contributed by atoms with Crippen LogP contribution in [0.5, 0.6) is 5.75 Å². The number of esters is 1. The second kappa shape index (κ2) is 9.23. The molecule has 0 unspecified atom stereocenters. The molecule has 1 aliphatic heterocycles. The molecule has 1 aromatic heterocycles. The van der Waals surface area contributed by atoms with Gasteiger partial charge in [-0.3, -0.25) is 4.79 Å². The monoisotopic (exact) mass is 499 g/mol. The minimum Gasteiger partial charge on any atom is -0.489 e. The highest BCUT2D eigenvalue weighted by atomic mass is 35.5. The van der Waals surface area contributed by atoms with Crippen molar-refractivity contribution in [1.82, 2.24) is 5.32 Å². The average molecular weight is 500 g/mol. The van der Waals surface area contributed by atoms with Crippen LogP contribution < -0.4 is 10.1 Å². The van der Waals surface area contributed by atoms with Gasteiger partial charge in [-0.2, -0.15) is 0 Å². The Bertz CT molecular complexity index is 1240. The highest BCUT2D eigenvalue weighted by Gasteiger charge is 2.43. The van der Waals surface area contributed by atoms with Gasteiger partial charge in [0.05, 0.1) is 18.6 Å². The lowest BCUT2D eigenvalue weighted by Crippen LogP contribution is -2.38. The first kappa shape index (κ1) is 24.6. The minimum atomic E-state index is -0.443. The lowest BCUT2D eigenvalue weighted by Gasteiger charge is -2.39. The van der Waals surface area contributed by atoms with Crippen LogP contribution in [0.2, 0.25) is 5.02 Å². The Morgan fingerprint density at radius 1 is 1.21 bits per heavy atom. The number of thiophene rings is 1. The average Bonchev–Trinajstić information content (AvgIpc) is 3.11. The third-order valence-electron chi connectivity index (χ3n) is 6.49. The zero-order chi connectivity index (χ0) is 24.8. The number of Topliss-reactive ketones (excluding diaryl/α,β-unsaturated/α-hetero) is 1. The van der Waals surface area contributed by atoms with Gasteiger partial charge in [-0.15, -0.1) is 11.3 Å². The second-order valence-electron chi connectivity index (χ2n) is 9.85. The Hall–Kier alpha value is -2.57. The molecule has 0 fully saturated rings. The molecule has 0 radical (unpaired) electrons. The maximum absolute atomic E-state index is 13.4. The molecule has 1 N–H and O–H groups in total. The lowest BCUT2D eigenvalue weighted by atomic mass is 9.70. The summed E-state index contributed by atoms with van der Waals surface area (Å²) in [6.45, 7) is 10.5. The van der Waals surface area contributed by atoms with Crippen LogP contribution >= 0.6 is 22.9 Å². The van der Waals surface area contributed by atoms with Crippen LogP contribution in [0.15, 0.2) is 46.8 Å². The predicted octanol–water partition coefficient (Wildman–Crippen LogP) is 6.37. The fourth-order valence-corrected chi connectivity index (χ4v) is 6.25. The number of aryl methyl sites for hydroxylation is 2. The maximum Gasteiger partial charge on any atom is 0.336 e. The molecule has 1 atom stereocenters. The molecular formula is C27H30ClNO4S. The van der Waals surface area contributed by atoms with Crippen molar-refractivity contribution in [2.75, 3.05) is 7.11 Å². The molecule has 0 saturated heterocycles. The van der Waals surface area contributed by atoms with Gasteiger partial charge in [0.15, 0.2) is 5.78 Å². The van der Waals surface area contributed by atoms with Gasteiger partial charge in [0.25, 0.3) is 0 Å². The normalized spacial score (nSPS) is 19.6. The molecule has 0 spiro atoms. The van der Waals surface area contributed by atoms with Crippen LogP contribution in [0.4, 0.5) is 0 Å². The van der Waals surface area contributed by atoms with Crippen LogP contribution in [0, 0.1) is 19.3 Å². The fourth-order valence-electron chi connectivity index (χ4n) is 4.86. The van der Waals surface area contributed by atoms with E-state index in [1.54, 1.807) is 11.3 Å². The van der Waals surface area contributed by atoms with Crippen LogP contribution in [0.3, 0.4) is 0 Å². The van der Waals surface area contributed by atoms with Crippen LogP contribution in [-0.4, -0.2) is 18.9 Å². The van der Waals surface area contributed by atoms with Gasteiger partial charge in [0.2, 0.25) is 0 Å². The molecule has 7 heteroatoms. The van der Waals surface area contributed by atoms with Gasteiger partial charge in [-0.25, -0.2) is 4.79 Å². The van der Waals surface area contributed by atoms with Crippen molar-refractivity contribution in [3.05, 3.63) is 72.7 Å². The molecule has 2 aromatic rings. The van der Waals surface area contributed by atoms with E-state index in [0.29, 0.717) is 29.2 Å². The number of hydrogen-bond acceptors (Lipinski definition) is 6. The first-order valence-electron chi connectivity index (χ1n) is 11.3. The SMILES string of the molecule is COC(=O)C1=C(C)NC2=C(C(=O)CC(C)(C)C2)[C@H]1c1cc(COc2ccc(Cl)cc2C)c(C)s1. The zero-order valence-electron chi connectivity index (χ0n) is 20.4. The highest BCUT2D eigenvalue weighted by molar-refractivity contribution is 7.12. The minimum absolute atomic E-state index is 0.0818. The van der Waals surface area contributed by atoms with Crippen LogP contribution in [0.25, 0.3) is 0 Å². The van der Waals surface area contributed by atoms with Gasteiger partial charge in [-0.1, -0.05) is 25.4 Å². The molecule has 0 saturated carbocycles. The van der Waals surface area contributed by atoms with E-state index in [-0.39, 0.29) is 11.2 Å². The number of methoxy groups -OCH3 is 1. The number of allylic oxidation sites excluding steroid dienone is 3.